The van der Waals surface area contributed by atoms with Gasteiger partial charge in [-0.25, -0.2) is 0 Å². The summed E-state index contributed by atoms with van der Waals surface area (Å²) in [6.07, 6.45) is 2.41. The van der Waals surface area contributed by atoms with E-state index in [-0.39, 0.29) is 11.3 Å². The predicted octanol–water partition coefficient (Wildman–Crippen LogP) is 2.39. The van der Waals surface area contributed by atoms with Crippen molar-refractivity contribution in [3.05, 3.63) is 63.9 Å². The van der Waals surface area contributed by atoms with Crippen LogP contribution in [0.1, 0.15) is 17.5 Å². The van der Waals surface area contributed by atoms with E-state index in [1.54, 1.807) is 25.0 Å². The Labute approximate surface area is 168 Å². The van der Waals surface area contributed by atoms with Crippen LogP contribution in [0.15, 0.2) is 47.4 Å². The lowest BCUT2D eigenvalue weighted by molar-refractivity contribution is -0.132. The van der Waals surface area contributed by atoms with Crippen molar-refractivity contribution in [2.45, 2.75) is 25.9 Å². The number of aryl methyl sites for hydroxylation is 1. The van der Waals surface area contributed by atoms with Gasteiger partial charge >= 0.3 is 0 Å². The van der Waals surface area contributed by atoms with E-state index in [2.05, 4.69) is 5.10 Å². The van der Waals surface area contributed by atoms with Crippen LogP contribution in [0.2, 0.25) is 0 Å². The van der Waals surface area contributed by atoms with E-state index in [4.69, 9.17) is 9.47 Å². The zero-order valence-corrected chi connectivity index (χ0v) is 16.6. The number of ether oxygens (including phenoxy) is 2. The van der Waals surface area contributed by atoms with E-state index in [1.807, 2.05) is 35.2 Å². The molecule has 4 rings (SSSR count). The van der Waals surface area contributed by atoms with E-state index >= 15 is 0 Å². The van der Waals surface area contributed by atoms with Crippen molar-refractivity contribution in [2.24, 2.45) is 0 Å². The Morgan fingerprint density at radius 3 is 2.59 bits per heavy atom. The minimum absolute atomic E-state index is 0.0648. The molecule has 0 spiro atoms. The minimum atomic E-state index is -0.111. The van der Waals surface area contributed by atoms with E-state index in [9.17, 15) is 9.59 Å². The van der Waals surface area contributed by atoms with Gasteiger partial charge < -0.3 is 14.4 Å². The number of fused-ring (bicyclic) bond motifs is 2. The molecule has 0 saturated heterocycles. The Hall–Kier alpha value is -3.35. The highest BCUT2D eigenvalue weighted by atomic mass is 16.5. The van der Waals surface area contributed by atoms with Crippen LogP contribution in [0.5, 0.6) is 11.5 Å². The summed E-state index contributed by atoms with van der Waals surface area (Å²) < 4.78 is 12.5. The van der Waals surface area contributed by atoms with Crippen molar-refractivity contribution in [1.29, 1.82) is 0 Å². The molecule has 1 amide bonds. The molecule has 0 aliphatic carbocycles. The minimum Gasteiger partial charge on any atom is -0.493 e. The zero-order chi connectivity index (χ0) is 20.4. The largest absolute Gasteiger partial charge is 0.493 e. The Balaban J connectivity index is 1.48. The quantitative estimate of drug-likeness (QED) is 0.666. The number of nitrogens with zero attached hydrogens (tertiary/aromatic N) is 3. The molecule has 0 radical (unpaired) electrons. The second kappa shape index (κ2) is 7.95. The normalized spacial score (nSPS) is 13.2. The van der Waals surface area contributed by atoms with Crippen LogP contribution < -0.4 is 14.9 Å². The summed E-state index contributed by atoms with van der Waals surface area (Å²) in [6.45, 7) is 1.64. The molecule has 7 heteroatoms. The zero-order valence-electron chi connectivity index (χ0n) is 16.6. The Morgan fingerprint density at radius 2 is 1.83 bits per heavy atom. The van der Waals surface area contributed by atoms with Gasteiger partial charge in [-0.3, -0.25) is 14.3 Å². The van der Waals surface area contributed by atoms with Gasteiger partial charge in [0.1, 0.15) is 0 Å². The highest BCUT2D eigenvalue weighted by Crippen LogP contribution is 2.33. The Morgan fingerprint density at radius 1 is 1.10 bits per heavy atom. The SMILES string of the molecule is COc1cc2c(cc1OC)CN(C(=O)CCn1ncc(=O)c3ccccc31)CC2. The molecule has 2 aromatic carbocycles. The monoisotopic (exact) mass is 393 g/mol. The first kappa shape index (κ1) is 19.0. The lowest BCUT2D eigenvalue weighted by atomic mass is 9.98. The first-order valence-electron chi connectivity index (χ1n) is 9.57. The number of aromatic nitrogens is 2. The maximum absolute atomic E-state index is 12.8. The van der Waals surface area contributed by atoms with Crippen molar-refractivity contribution in [3.63, 3.8) is 0 Å². The van der Waals surface area contributed by atoms with Gasteiger partial charge in [0.25, 0.3) is 0 Å². The average molecular weight is 393 g/mol. The maximum Gasteiger partial charge on any atom is 0.224 e. The van der Waals surface area contributed by atoms with Gasteiger partial charge in [-0.15, -0.1) is 0 Å². The van der Waals surface area contributed by atoms with E-state index in [0.29, 0.717) is 42.9 Å². The fourth-order valence-corrected chi connectivity index (χ4v) is 3.79. The standard InChI is InChI=1S/C22H23N3O4/c1-28-20-11-15-7-9-24(14-16(15)12-21(20)29-2)22(27)8-10-25-18-6-4-3-5-17(18)19(26)13-23-25/h3-6,11-13H,7-10,14H2,1-2H3. The summed E-state index contributed by atoms with van der Waals surface area (Å²) in [7, 11) is 3.23. The second-order valence-corrected chi connectivity index (χ2v) is 7.04. The molecule has 0 unspecified atom stereocenters. The van der Waals surface area contributed by atoms with Gasteiger partial charge in [0.2, 0.25) is 11.3 Å². The fraction of sp³-hybridized carbons (Fsp3) is 0.318. The number of hydrogen-bond donors (Lipinski definition) is 0. The highest BCUT2D eigenvalue weighted by Gasteiger charge is 2.23. The fourth-order valence-electron chi connectivity index (χ4n) is 3.79. The molecule has 0 N–H and O–H groups in total. The summed E-state index contributed by atoms with van der Waals surface area (Å²) in [6, 6.07) is 11.3. The van der Waals surface area contributed by atoms with Gasteiger partial charge in [-0.05, 0) is 41.8 Å². The maximum atomic E-state index is 12.8. The first-order chi connectivity index (χ1) is 14.1. The molecule has 0 fully saturated rings. The summed E-state index contributed by atoms with van der Waals surface area (Å²) in [5, 5.41) is 4.82. The smallest absolute Gasteiger partial charge is 0.224 e. The van der Waals surface area contributed by atoms with Crippen molar-refractivity contribution < 1.29 is 14.3 Å². The average Bonchev–Trinajstić information content (AvgIpc) is 2.77. The number of para-hydroxylation sites is 1. The molecule has 1 aromatic heterocycles. The van der Waals surface area contributed by atoms with Crippen molar-refractivity contribution in [2.75, 3.05) is 20.8 Å². The Kier molecular flexibility index (Phi) is 5.20. The van der Waals surface area contributed by atoms with Gasteiger partial charge in [0, 0.05) is 24.9 Å². The molecule has 0 saturated carbocycles. The third-order valence-corrected chi connectivity index (χ3v) is 5.37. The molecule has 7 nitrogen and oxygen atoms in total. The number of methoxy groups -OCH3 is 2. The molecule has 2 heterocycles. The van der Waals surface area contributed by atoms with E-state index in [0.717, 1.165) is 17.5 Å². The molecule has 0 bridgehead atoms. The van der Waals surface area contributed by atoms with Crippen LogP contribution in [0.25, 0.3) is 10.9 Å². The van der Waals surface area contributed by atoms with Crippen LogP contribution in [-0.4, -0.2) is 41.4 Å². The van der Waals surface area contributed by atoms with Crippen LogP contribution in [0.4, 0.5) is 0 Å². The summed E-state index contributed by atoms with van der Waals surface area (Å²) in [5.41, 5.74) is 2.89. The van der Waals surface area contributed by atoms with Crippen LogP contribution in [0, 0.1) is 0 Å². The molecular weight excluding hydrogens is 370 g/mol. The molecule has 1 aliphatic rings. The molecule has 0 atom stereocenters. The van der Waals surface area contributed by atoms with Gasteiger partial charge in [0.05, 0.1) is 32.5 Å². The van der Waals surface area contributed by atoms with Gasteiger partial charge in [-0.2, -0.15) is 5.10 Å². The summed E-state index contributed by atoms with van der Waals surface area (Å²) >= 11 is 0. The summed E-state index contributed by atoms with van der Waals surface area (Å²) in [5.74, 6) is 1.45. The molecule has 1 aliphatic heterocycles. The van der Waals surface area contributed by atoms with E-state index in [1.165, 1.54) is 11.8 Å². The number of amides is 1. The third kappa shape index (κ3) is 3.68. The van der Waals surface area contributed by atoms with Crippen molar-refractivity contribution in [3.8, 4) is 11.5 Å². The number of carbonyl (C=O) groups is 1. The topological polar surface area (TPSA) is 73.7 Å². The Bertz CT molecular complexity index is 1120. The lowest BCUT2D eigenvalue weighted by Gasteiger charge is -2.29. The molecule has 150 valence electrons. The van der Waals surface area contributed by atoms with Gasteiger partial charge in [0.15, 0.2) is 11.5 Å². The number of rotatable bonds is 5. The third-order valence-electron chi connectivity index (χ3n) is 5.37. The molecule has 29 heavy (non-hydrogen) atoms. The van der Waals surface area contributed by atoms with Crippen LogP contribution in [-0.2, 0) is 24.3 Å². The summed E-state index contributed by atoms with van der Waals surface area (Å²) in [4.78, 5) is 26.7. The number of carbonyl (C=O) groups excluding carboxylic acids is 1. The number of hydrogen-bond acceptors (Lipinski definition) is 5. The molecule has 3 aromatic rings. The van der Waals surface area contributed by atoms with Crippen molar-refractivity contribution >= 4 is 16.8 Å². The van der Waals surface area contributed by atoms with Crippen LogP contribution >= 0.6 is 0 Å². The lowest BCUT2D eigenvalue weighted by Crippen LogP contribution is -2.36. The second-order valence-electron chi connectivity index (χ2n) is 7.04. The number of benzene rings is 2. The highest BCUT2D eigenvalue weighted by molar-refractivity contribution is 5.79. The van der Waals surface area contributed by atoms with Gasteiger partial charge in [-0.1, -0.05) is 12.1 Å². The first-order valence-corrected chi connectivity index (χ1v) is 9.57. The molecular formula is C22H23N3O4. The van der Waals surface area contributed by atoms with Crippen LogP contribution in [0.3, 0.4) is 0 Å². The predicted molar refractivity (Wildman–Crippen MR) is 109 cm³/mol. The van der Waals surface area contributed by atoms with E-state index < -0.39 is 0 Å². The van der Waals surface area contributed by atoms with Crippen molar-refractivity contribution in [1.82, 2.24) is 14.7 Å².